The number of anilines is 2. The molecule has 0 radical (unpaired) electrons. The predicted octanol–water partition coefficient (Wildman–Crippen LogP) is 3.97. The Bertz CT molecular complexity index is 748. The van der Waals surface area contributed by atoms with Crippen LogP contribution in [0.3, 0.4) is 0 Å². The third-order valence-corrected chi connectivity index (χ3v) is 4.13. The lowest BCUT2D eigenvalue weighted by Crippen LogP contribution is -2.50. The van der Waals surface area contributed by atoms with Crippen LogP contribution in [0.4, 0.5) is 25.0 Å². The van der Waals surface area contributed by atoms with Gasteiger partial charge in [-0.25, -0.2) is 13.6 Å². The molecule has 4 nitrogen and oxygen atoms in total. The van der Waals surface area contributed by atoms with Gasteiger partial charge in [-0.15, -0.1) is 0 Å². The molecule has 0 aromatic heterocycles. The smallest absolute Gasteiger partial charge is 0.321 e. The van der Waals surface area contributed by atoms with Gasteiger partial charge in [0.15, 0.2) is 0 Å². The molecule has 0 spiro atoms. The van der Waals surface area contributed by atoms with E-state index in [1.807, 2.05) is 0 Å². The van der Waals surface area contributed by atoms with E-state index in [-0.39, 0.29) is 6.03 Å². The van der Waals surface area contributed by atoms with Crippen molar-refractivity contribution in [2.45, 2.75) is 0 Å². The molecule has 0 bridgehead atoms. The van der Waals surface area contributed by atoms with Crippen LogP contribution in [-0.2, 0) is 0 Å². The highest BCUT2D eigenvalue weighted by Gasteiger charge is 2.23. The molecule has 2 amide bonds. The summed E-state index contributed by atoms with van der Waals surface area (Å²) < 4.78 is 26.8. The zero-order valence-electron chi connectivity index (χ0n) is 12.8. The van der Waals surface area contributed by atoms with Crippen LogP contribution in [0.25, 0.3) is 0 Å². The molecule has 7 heteroatoms. The number of amides is 2. The molecule has 24 heavy (non-hydrogen) atoms. The van der Waals surface area contributed by atoms with Gasteiger partial charge in [-0.1, -0.05) is 17.7 Å². The molecule has 3 rings (SSSR count). The largest absolute Gasteiger partial charge is 0.366 e. The topological polar surface area (TPSA) is 35.6 Å². The zero-order chi connectivity index (χ0) is 17.1. The van der Waals surface area contributed by atoms with Gasteiger partial charge in [-0.2, -0.15) is 0 Å². The van der Waals surface area contributed by atoms with Crippen LogP contribution in [0.2, 0.25) is 5.02 Å². The Morgan fingerprint density at radius 1 is 1.04 bits per heavy atom. The standard InChI is InChI=1S/C17H16ClF2N3O/c18-12-2-1-3-14(10-12)21-17(24)23-8-6-22(7-9-23)16-5-4-13(19)11-15(16)20/h1-5,10-11H,6-9H2,(H,21,24). The molecule has 2 aromatic rings. The number of hydrogen-bond acceptors (Lipinski definition) is 2. The normalized spacial score (nSPS) is 14.6. The van der Waals surface area contributed by atoms with Gasteiger partial charge in [-0.05, 0) is 30.3 Å². The quantitative estimate of drug-likeness (QED) is 0.888. The van der Waals surface area contributed by atoms with Crippen molar-refractivity contribution >= 4 is 29.0 Å². The molecule has 1 heterocycles. The molecule has 1 N–H and O–H groups in total. The molecule has 1 aliphatic rings. The molecule has 1 aliphatic heterocycles. The highest BCUT2D eigenvalue weighted by atomic mass is 35.5. The summed E-state index contributed by atoms with van der Waals surface area (Å²) in [6.07, 6.45) is 0. The number of nitrogens with zero attached hydrogens (tertiary/aromatic N) is 2. The Labute approximate surface area is 143 Å². The third kappa shape index (κ3) is 3.76. The molecule has 0 unspecified atom stereocenters. The van der Waals surface area contributed by atoms with E-state index in [1.54, 1.807) is 34.1 Å². The molecule has 126 valence electrons. The molecule has 1 saturated heterocycles. The van der Waals surface area contributed by atoms with Gasteiger partial charge in [0, 0.05) is 43.0 Å². The number of nitrogens with one attached hydrogen (secondary N) is 1. The van der Waals surface area contributed by atoms with Gasteiger partial charge >= 0.3 is 6.03 Å². The summed E-state index contributed by atoms with van der Waals surface area (Å²) in [5, 5.41) is 3.33. The molecular formula is C17H16ClF2N3O. The summed E-state index contributed by atoms with van der Waals surface area (Å²) in [6, 6.07) is 10.2. The van der Waals surface area contributed by atoms with Crippen molar-refractivity contribution in [2.24, 2.45) is 0 Å². The van der Waals surface area contributed by atoms with Gasteiger partial charge in [0.25, 0.3) is 0 Å². The van der Waals surface area contributed by atoms with Crippen molar-refractivity contribution in [1.29, 1.82) is 0 Å². The minimum atomic E-state index is -0.601. The first kappa shape index (κ1) is 16.5. The number of piperazine rings is 1. The predicted molar refractivity (Wildman–Crippen MR) is 90.6 cm³/mol. The van der Waals surface area contributed by atoms with Crippen LogP contribution < -0.4 is 10.2 Å². The van der Waals surface area contributed by atoms with Crippen molar-refractivity contribution in [1.82, 2.24) is 4.90 Å². The molecule has 2 aromatic carbocycles. The first-order chi connectivity index (χ1) is 11.5. The molecule has 0 saturated carbocycles. The van der Waals surface area contributed by atoms with Gasteiger partial charge in [0.2, 0.25) is 0 Å². The van der Waals surface area contributed by atoms with Crippen LogP contribution in [0, 0.1) is 11.6 Å². The monoisotopic (exact) mass is 351 g/mol. The lowest BCUT2D eigenvalue weighted by Gasteiger charge is -2.36. The Kier molecular flexibility index (Phi) is 4.85. The summed E-state index contributed by atoms with van der Waals surface area (Å²) in [5.74, 6) is -1.19. The number of halogens is 3. The molecule has 0 atom stereocenters. The maximum atomic E-state index is 13.8. The number of rotatable bonds is 2. The van der Waals surface area contributed by atoms with Crippen LogP contribution in [0.15, 0.2) is 42.5 Å². The second-order valence-electron chi connectivity index (χ2n) is 5.51. The minimum absolute atomic E-state index is 0.225. The minimum Gasteiger partial charge on any atom is -0.366 e. The molecule has 1 fully saturated rings. The highest BCUT2D eigenvalue weighted by Crippen LogP contribution is 2.22. The van der Waals surface area contributed by atoms with Crippen molar-refractivity contribution in [2.75, 3.05) is 36.4 Å². The maximum Gasteiger partial charge on any atom is 0.321 e. The van der Waals surface area contributed by atoms with Crippen LogP contribution in [0.1, 0.15) is 0 Å². The van der Waals surface area contributed by atoms with Crippen molar-refractivity contribution in [3.63, 3.8) is 0 Å². The van der Waals surface area contributed by atoms with Gasteiger partial charge < -0.3 is 15.1 Å². The number of carbonyl (C=O) groups excluding carboxylic acids is 1. The second-order valence-corrected chi connectivity index (χ2v) is 5.95. The lowest BCUT2D eigenvalue weighted by atomic mass is 10.2. The van der Waals surface area contributed by atoms with Crippen LogP contribution in [0.5, 0.6) is 0 Å². The molecule has 0 aliphatic carbocycles. The van der Waals surface area contributed by atoms with Crippen molar-refractivity contribution < 1.29 is 13.6 Å². The fourth-order valence-corrected chi connectivity index (χ4v) is 2.85. The van der Waals surface area contributed by atoms with E-state index in [2.05, 4.69) is 5.32 Å². The van der Waals surface area contributed by atoms with E-state index < -0.39 is 11.6 Å². The second kappa shape index (κ2) is 7.05. The SMILES string of the molecule is O=C(Nc1cccc(Cl)c1)N1CCN(c2ccc(F)cc2F)CC1. The van der Waals surface area contributed by atoms with E-state index in [0.29, 0.717) is 42.6 Å². The number of urea groups is 1. The Morgan fingerprint density at radius 2 is 1.79 bits per heavy atom. The Hall–Kier alpha value is -2.34. The van der Waals surface area contributed by atoms with Gasteiger partial charge in [0.05, 0.1) is 5.69 Å². The first-order valence-electron chi connectivity index (χ1n) is 7.54. The first-order valence-corrected chi connectivity index (χ1v) is 7.92. The maximum absolute atomic E-state index is 13.8. The number of benzene rings is 2. The van der Waals surface area contributed by atoms with Crippen molar-refractivity contribution in [3.8, 4) is 0 Å². The zero-order valence-corrected chi connectivity index (χ0v) is 13.6. The van der Waals surface area contributed by atoms with Crippen molar-refractivity contribution in [3.05, 3.63) is 59.1 Å². The number of hydrogen-bond donors (Lipinski definition) is 1. The Balaban J connectivity index is 1.59. The average molecular weight is 352 g/mol. The van der Waals surface area contributed by atoms with E-state index >= 15 is 0 Å². The third-order valence-electron chi connectivity index (χ3n) is 3.89. The number of carbonyl (C=O) groups is 1. The van der Waals surface area contributed by atoms with Crippen LogP contribution in [-0.4, -0.2) is 37.1 Å². The fourth-order valence-electron chi connectivity index (χ4n) is 2.66. The van der Waals surface area contributed by atoms with E-state index in [0.717, 1.165) is 6.07 Å². The summed E-state index contributed by atoms with van der Waals surface area (Å²) in [7, 11) is 0. The van der Waals surface area contributed by atoms with E-state index in [4.69, 9.17) is 11.6 Å². The van der Waals surface area contributed by atoms with E-state index in [9.17, 15) is 13.6 Å². The lowest BCUT2D eigenvalue weighted by molar-refractivity contribution is 0.208. The highest BCUT2D eigenvalue weighted by molar-refractivity contribution is 6.30. The summed E-state index contributed by atoms with van der Waals surface area (Å²) in [5.41, 5.74) is 0.978. The Morgan fingerprint density at radius 3 is 2.46 bits per heavy atom. The molecular weight excluding hydrogens is 336 g/mol. The van der Waals surface area contributed by atoms with E-state index in [1.165, 1.54) is 12.1 Å². The van der Waals surface area contributed by atoms with Gasteiger partial charge in [0.1, 0.15) is 11.6 Å². The average Bonchev–Trinajstić information content (AvgIpc) is 2.55. The summed E-state index contributed by atoms with van der Waals surface area (Å²) in [6.45, 7) is 1.85. The fraction of sp³-hybridized carbons (Fsp3) is 0.235. The van der Waals surface area contributed by atoms with Crippen LogP contribution >= 0.6 is 11.6 Å². The summed E-state index contributed by atoms with van der Waals surface area (Å²) in [4.78, 5) is 15.7. The summed E-state index contributed by atoms with van der Waals surface area (Å²) >= 11 is 5.89. The van der Waals surface area contributed by atoms with Gasteiger partial charge in [-0.3, -0.25) is 0 Å².